The third-order valence-corrected chi connectivity index (χ3v) is 4.21. The number of amides is 1. The van der Waals surface area contributed by atoms with Gasteiger partial charge in [-0.05, 0) is 43.3 Å². The van der Waals surface area contributed by atoms with Crippen LogP contribution in [0.25, 0.3) is 17.1 Å². The molecule has 0 unspecified atom stereocenters. The fourth-order valence-electron chi connectivity index (χ4n) is 3.39. The van der Waals surface area contributed by atoms with Crippen LogP contribution in [-0.4, -0.2) is 46.2 Å². The van der Waals surface area contributed by atoms with Crippen molar-refractivity contribution in [3.63, 3.8) is 0 Å². The topological polar surface area (TPSA) is 70.4 Å². The number of hydrogen-bond donors (Lipinski definition) is 2. The monoisotopic (exact) mass is 368 g/mol. The van der Waals surface area contributed by atoms with E-state index < -0.39 is 5.91 Å². The lowest BCUT2D eigenvalue weighted by molar-refractivity contribution is -0.124. The SMILES string of the molecule is C#CCCc1nc2cc(/C=C/C(=O)NO)ccc2n1CC(C)(C)CN(C)C. The summed E-state index contributed by atoms with van der Waals surface area (Å²) in [5.74, 6) is 3.10. The second-order valence-electron chi connectivity index (χ2n) is 7.78. The van der Waals surface area contributed by atoms with E-state index in [9.17, 15) is 4.79 Å². The van der Waals surface area contributed by atoms with Gasteiger partial charge in [0.1, 0.15) is 5.82 Å². The molecule has 1 aromatic carbocycles. The average Bonchev–Trinajstić information content (AvgIpc) is 2.92. The maximum atomic E-state index is 11.2. The summed E-state index contributed by atoms with van der Waals surface area (Å²) in [6.45, 7) is 6.28. The Morgan fingerprint density at radius 2 is 2.19 bits per heavy atom. The number of carbonyl (C=O) groups is 1. The Bertz CT molecular complexity index is 872. The number of benzene rings is 1. The molecule has 6 heteroatoms. The van der Waals surface area contributed by atoms with Gasteiger partial charge < -0.3 is 9.47 Å². The largest absolute Gasteiger partial charge is 0.327 e. The summed E-state index contributed by atoms with van der Waals surface area (Å²) in [6.07, 6.45) is 9.74. The Hall–Kier alpha value is -2.62. The Morgan fingerprint density at radius 1 is 1.44 bits per heavy atom. The lowest BCUT2D eigenvalue weighted by Gasteiger charge is -2.29. The molecule has 0 saturated carbocycles. The van der Waals surface area contributed by atoms with E-state index in [0.29, 0.717) is 6.42 Å². The van der Waals surface area contributed by atoms with Crippen molar-refractivity contribution in [2.45, 2.75) is 33.2 Å². The number of hydroxylamine groups is 1. The Kier molecular flexibility index (Phi) is 6.78. The molecule has 144 valence electrons. The number of hydrogen-bond acceptors (Lipinski definition) is 4. The molecule has 27 heavy (non-hydrogen) atoms. The Labute approximate surface area is 160 Å². The minimum absolute atomic E-state index is 0.0693. The van der Waals surface area contributed by atoms with E-state index in [2.05, 4.69) is 43.3 Å². The first-order valence-electron chi connectivity index (χ1n) is 8.95. The zero-order valence-electron chi connectivity index (χ0n) is 16.5. The minimum Gasteiger partial charge on any atom is -0.327 e. The van der Waals surface area contributed by atoms with Crippen LogP contribution in [0.15, 0.2) is 24.3 Å². The number of fused-ring (bicyclic) bond motifs is 1. The zero-order chi connectivity index (χ0) is 20.0. The molecule has 0 saturated heterocycles. The smallest absolute Gasteiger partial charge is 0.267 e. The van der Waals surface area contributed by atoms with Crippen LogP contribution in [-0.2, 0) is 17.8 Å². The lowest BCUT2D eigenvalue weighted by Crippen LogP contribution is -2.32. The number of nitrogens with zero attached hydrogens (tertiary/aromatic N) is 3. The van der Waals surface area contributed by atoms with Gasteiger partial charge in [0.05, 0.1) is 11.0 Å². The number of aryl methyl sites for hydroxylation is 1. The molecule has 0 atom stereocenters. The van der Waals surface area contributed by atoms with Gasteiger partial charge >= 0.3 is 0 Å². The van der Waals surface area contributed by atoms with E-state index in [-0.39, 0.29) is 5.41 Å². The fraction of sp³-hybridized carbons (Fsp3) is 0.429. The molecule has 0 aliphatic rings. The van der Waals surface area contributed by atoms with Crippen LogP contribution < -0.4 is 5.48 Å². The Balaban J connectivity index is 2.42. The molecule has 0 radical (unpaired) electrons. The molecule has 2 rings (SSSR count). The molecule has 1 amide bonds. The third-order valence-electron chi connectivity index (χ3n) is 4.21. The van der Waals surface area contributed by atoms with Crippen molar-refractivity contribution in [1.29, 1.82) is 0 Å². The van der Waals surface area contributed by atoms with Crippen molar-refractivity contribution in [2.24, 2.45) is 5.41 Å². The van der Waals surface area contributed by atoms with Gasteiger partial charge in [0, 0.05) is 32.0 Å². The summed E-state index contributed by atoms with van der Waals surface area (Å²) < 4.78 is 2.25. The molecule has 0 spiro atoms. The van der Waals surface area contributed by atoms with E-state index in [1.165, 1.54) is 6.08 Å². The normalized spacial score (nSPS) is 12.0. The number of nitrogens with one attached hydrogen (secondary N) is 1. The average molecular weight is 368 g/mol. The van der Waals surface area contributed by atoms with Crippen LogP contribution in [0.5, 0.6) is 0 Å². The van der Waals surface area contributed by atoms with Gasteiger partial charge in [-0.25, -0.2) is 10.5 Å². The number of imidazole rings is 1. The molecule has 1 heterocycles. The van der Waals surface area contributed by atoms with Crippen molar-refractivity contribution in [3.05, 3.63) is 35.7 Å². The van der Waals surface area contributed by atoms with E-state index in [1.807, 2.05) is 18.2 Å². The molecule has 1 aromatic heterocycles. The molecule has 2 aromatic rings. The molecule has 0 aliphatic carbocycles. The maximum absolute atomic E-state index is 11.2. The van der Waals surface area contributed by atoms with E-state index in [1.54, 1.807) is 11.6 Å². The van der Waals surface area contributed by atoms with Crippen molar-refractivity contribution in [2.75, 3.05) is 20.6 Å². The van der Waals surface area contributed by atoms with Crippen LogP contribution in [0.3, 0.4) is 0 Å². The summed E-state index contributed by atoms with van der Waals surface area (Å²) >= 11 is 0. The van der Waals surface area contributed by atoms with Gasteiger partial charge in [-0.2, -0.15) is 0 Å². The van der Waals surface area contributed by atoms with Crippen molar-refractivity contribution in [3.8, 4) is 12.3 Å². The zero-order valence-corrected chi connectivity index (χ0v) is 16.5. The van der Waals surface area contributed by atoms with Crippen molar-refractivity contribution in [1.82, 2.24) is 19.9 Å². The predicted octanol–water partition coefficient (Wildman–Crippen LogP) is 2.71. The predicted molar refractivity (Wildman–Crippen MR) is 108 cm³/mol. The third kappa shape index (κ3) is 5.68. The highest BCUT2D eigenvalue weighted by Gasteiger charge is 2.22. The van der Waals surface area contributed by atoms with Crippen LogP contribution in [0.1, 0.15) is 31.7 Å². The van der Waals surface area contributed by atoms with Gasteiger partial charge in [0.2, 0.25) is 0 Å². The number of aromatic nitrogens is 2. The highest BCUT2D eigenvalue weighted by molar-refractivity contribution is 5.91. The maximum Gasteiger partial charge on any atom is 0.267 e. The van der Waals surface area contributed by atoms with Gasteiger partial charge in [-0.1, -0.05) is 19.9 Å². The fourth-order valence-corrected chi connectivity index (χ4v) is 3.39. The second kappa shape index (κ2) is 8.85. The van der Waals surface area contributed by atoms with Gasteiger partial charge in [0.25, 0.3) is 5.91 Å². The van der Waals surface area contributed by atoms with Gasteiger partial charge in [-0.3, -0.25) is 10.0 Å². The first-order valence-corrected chi connectivity index (χ1v) is 8.95. The molecule has 0 bridgehead atoms. The van der Waals surface area contributed by atoms with E-state index in [0.717, 1.165) is 41.9 Å². The summed E-state index contributed by atoms with van der Waals surface area (Å²) in [4.78, 5) is 18.2. The van der Waals surface area contributed by atoms with Crippen molar-refractivity contribution >= 4 is 23.0 Å². The molecule has 6 nitrogen and oxygen atoms in total. The highest BCUT2D eigenvalue weighted by Crippen LogP contribution is 2.26. The first kappa shape index (κ1) is 20.7. The molecular formula is C21H28N4O2. The van der Waals surface area contributed by atoms with E-state index >= 15 is 0 Å². The number of rotatable bonds is 8. The van der Waals surface area contributed by atoms with Crippen LogP contribution in [0, 0.1) is 17.8 Å². The van der Waals surface area contributed by atoms with Gasteiger partial charge in [0.15, 0.2) is 0 Å². The summed E-state index contributed by atoms with van der Waals surface area (Å²) in [5.41, 5.74) is 4.41. The van der Waals surface area contributed by atoms with Gasteiger partial charge in [-0.15, -0.1) is 12.3 Å². The molecule has 0 fully saturated rings. The Morgan fingerprint density at radius 3 is 2.81 bits per heavy atom. The van der Waals surface area contributed by atoms with Crippen LogP contribution in [0.2, 0.25) is 0 Å². The minimum atomic E-state index is -0.569. The standard InChI is InChI=1S/C21H28N4O2/c1-6-7-8-19-22-17-13-16(10-12-20(26)23-27)9-11-18(17)25(19)15-21(2,3)14-24(4)5/h1,9-13,27H,7-8,14-15H2,2-5H3,(H,23,26)/b12-10+. The van der Waals surface area contributed by atoms with E-state index in [4.69, 9.17) is 16.6 Å². The summed E-state index contributed by atoms with van der Waals surface area (Å²) in [7, 11) is 4.16. The second-order valence-corrected chi connectivity index (χ2v) is 7.78. The molecule has 0 aliphatic heterocycles. The number of terminal acetylenes is 1. The highest BCUT2D eigenvalue weighted by atomic mass is 16.5. The number of carbonyl (C=O) groups excluding carboxylic acids is 1. The summed E-state index contributed by atoms with van der Waals surface area (Å²) in [6, 6.07) is 5.89. The molecular weight excluding hydrogens is 340 g/mol. The lowest BCUT2D eigenvalue weighted by atomic mass is 9.92. The van der Waals surface area contributed by atoms with Crippen LogP contribution >= 0.6 is 0 Å². The molecule has 2 N–H and O–H groups in total. The van der Waals surface area contributed by atoms with Crippen molar-refractivity contribution < 1.29 is 10.0 Å². The van der Waals surface area contributed by atoms with Crippen LogP contribution in [0.4, 0.5) is 0 Å². The first-order chi connectivity index (χ1) is 12.8. The quantitative estimate of drug-likeness (QED) is 0.325. The summed E-state index contributed by atoms with van der Waals surface area (Å²) in [5, 5.41) is 8.59.